The molecule has 46 heavy (non-hydrogen) atoms. The third-order valence-corrected chi connectivity index (χ3v) is 8.51. The molecule has 2 N–H and O–H groups in total. The van der Waals surface area contributed by atoms with Crippen LogP contribution in [0.15, 0.2) is 69.0 Å². The van der Waals surface area contributed by atoms with E-state index in [-0.39, 0.29) is 75.7 Å². The van der Waals surface area contributed by atoms with Crippen molar-refractivity contribution in [2.45, 2.75) is 76.5 Å². The molecule has 0 aliphatic heterocycles. The van der Waals surface area contributed by atoms with E-state index in [9.17, 15) is 19.1 Å². The summed E-state index contributed by atoms with van der Waals surface area (Å²) in [5, 5.41) is 18.4. The summed E-state index contributed by atoms with van der Waals surface area (Å²) in [6.07, 6.45) is 6.13. The zero-order valence-corrected chi connectivity index (χ0v) is 25.4. The number of hydrogen-bond donors (Lipinski definition) is 2. The van der Waals surface area contributed by atoms with Gasteiger partial charge in [-0.15, -0.1) is 0 Å². The number of aryl methyl sites for hydroxylation is 1. The summed E-state index contributed by atoms with van der Waals surface area (Å²) >= 11 is 0. The fourth-order valence-electron chi connectivity index (χ4n) is 6.18. The van der Waals surface area contributed by atoms with E-state index in [1.54, 1.807) is 4.57 Å². The molecule has 0 amide bonds. The first-order valence-corrected chi connectivity index (χ1v) is 15.4. The molecule has 13 heteroatoms. The van der Waals surface area contributed by atoms with Crippen molar-refractivity contribution < 1.29 is 18.8 Å². The molecule has 3 aromatic heterocycles. The third-order valence-electron chi connectivity index (χ3n) is 8.51. The number of nitrogens with one attached hydrogen (secondary N) is 1. The second-order valence-corrected chi connectivity index (χ2v) is 12.1. The number of aliphatic hydroxyl groups is 1. The molecule has 0 bridgehead atoms. The number of aromatic amines is 1. The average molecular weight is 657 g/mol. The van der Waals surface area contributed by atoms with Crippen LogP contribution >= 0.6 is 0 Å². The molecule has 2 aromatic carbocycles. The molecular formula is C33H38FKN6O5. The van der Waals surface area contributed by atoms with Crippen molar-refractivity contribution in [2.24, 2.45) is 0 Å². The first-order valence-electron chi connectivity index (χ1n) is 15.4. The minimum atomic E-state index is -1.50. The Balaban J connectivity index is 0.00000417. The van der Waals surface area contributed by atoms with Crippen molar-refractivity contribution in [3.05, 3.63) is 92.6 Å². The number of hydrogen-bond acceptors (Lipinski definition) is 8. The summed E-state index contributed by atoms with van der Waals surface area (Å²) in [4.78, 5) is 33.0. The van der Waals surface area contributed by atoms with Crippen LogP contribution in [0.3, 0.4) is 0 Å². The molecule has 1 saturated carbocycles. The Bertz CT molecular complexity index is 1890. The summed E-state index contributed by atoms with van der Waals surface area (Å²) in [6.45, 7) is 2.57. The fourth-order valence-corrected chi connectivity index (χ4v) is 6.18. The maximum absolute atomic E-state index is 14.3. The zero-order valence-electron chi connectivity index (χ0n) is 25.4. The van der Waals surface area contributed by atoms with Gasteiger partial charge in [-0.25, -0.2) is 13.7 Å². The molecule has 3 heterocycles. The molecule has 0 saturated heterocycles. The van der Waals surface area contributed by atoms with E-state index in [0.29, 0.717) is 55.7 Å². The number of aromatic nitrogens is 6. The van der Waals surface area contributed by atoms with Crippen LogP contribution < -0.4 is 11.3 Å². The number of fused-ring (bicyclic) bond motifs is 1. The number of nitrogens with zero attached hydrogens (tertiary/aromatic N) is 5. The number of alkyl halides is 1. The van der Waals surface area contributed by atoms with Crippen molar-refractivity contribution >= 4 is 57.2 Å². The molecular weight excluding hydrogens is 618 g/mol. The molecule has 11 nitrogen and oxygen atoms in total. The second kappa shape index (κ2) is 15.0. The molecule has 0 spiro atoms. The summed E-state index contributed by atoms with van der Waals surface area (Å²) < 4.78 is 27.2. The number of ether oxygens (including phenoxy) is 1. The van der Waals surface area contributed by atoms with Crippen molar-refractivity contribution in [1.29, 1.82) is 0 Å². The van der Waals surface area contributed by atoms with E-state index in [1.807, 2.05) is 53.0 Å². The number of benzene rings is 2. The summed E-state index contributed by atoms with van der Waals surface area (Å²) in [7, 11) is 0. The van der Waals surface area contributed by atoms with Crippen molar-refractivity contribution in [1.82, 2.24) is 29.3 Å². The standard InChI is InChI=1S/C33H37FN6O5.K.H/c1-3-6-28-27(17-21-9-11-22(12-10-21)25-7-4-5-8-26(25)29-37-32(42)45-38-29)30(41)39(31-35-20-36-40(28)31)23-13-15-24(16-14-23)44-19-33(2,43)18-34;;/h4-5,7-12,20,23-24,43H,3,6,13-19H2,1-2H3,(H,37,38,42);;. The minimum absolute atomic E-state index is 0. The Morgan fingerprint density at radius 2 is 1.80 bits per heavy atom. The Morgan fingerprint density at radius 1 is 1.09 bits per heavy atom. The topological polar surface area (TPSA) is 141 Å². The van der Waals surface area contributed by atoms with E-state index in [4.69, 9.17) is 9.26 Å². The first-order chi connectivity index (χ1) is 21.8. The Labute approximate surface area is 307 Å². The van der Waals surface area contributed by atoms with Gasteiger partial charge in [0.1, 0.15) is 18.6 Å². The quantitative estimate of drug-likeness (QED) is 0.203. The average Bonchev–Trinajstić information content (AvgIpc) is 3.72. The molecule has 1 aliphatic rings. The van der Waals surface area contributed by atoms with E-state index in [2.05, 4.69) is 27.1 Å². The van der Waals surface area contributed by atoms with E-state index in [1.165, 1.54) is 13.3 Å². The molecule has 1 aliphatic carbocycles. The summed E-state index contributed by atoms with van der Waals surface area (Å²) in [5.74, 6) is 0.282. The molecule has 5 aromatic rings. The SMILES string of the molecule is CCCc1c(Cc2ccc(-c3ccccc3-c3noc(=O)[nH]3)cc2)c(=O)n(C2CCC(OCC(C)(O)CF)CC2)c2ncnn12.[KH]. The molecule has 1 fully saturated rings. The van der Waals surface area contributed by atoms with Crippen molar-refractivity contribution in [3.63, 3.8) is 0 Å². The predicted octanol–water partition coefficient (Wildman–Crippen LogP) is 4.02. The van der Waals surface area contributed by atoms with Crippen LogP contribution in [0.2, 0.25) is 0 Å². The third kappa shape index (κ3) is 7.35. The summed E-state index contributed by atoms with van der Waals surface area (Å²) in [5.41, 5.74) is 3.54. The van der Waals surface area contributed by atoms with Gasteiger partial charge in [0, 0.05) is 23.6 Å². The van der Waals surface area contributed by atoms with Crippen LogP contribution in [0.5, 0.6) is 0 Å². The van der Waals surface area contributed by atoms with Gasteiger partial charge < -0.3 is 9.84 Å². The zero-order chi connectivity index (χ0) is 31.6. The normalized spacial score (nSPS) is 17.9. The number of halogens is 1. The van der Waals surface area contributed by atoms with Gasteiger partial charge in [-0.05, 0) is 55.7 Å². The van der Waals surface area contributed by atoms with Gasteiger partial charge in [0.15, 0.2) is 5.82 Å². The van der Waals surface area contributed by atoms with Crippen LogP contribution in [-0.4, -0.2) is 111 Å². The van der Waals surface area contributed by atoms with E-state index >= 15 is 0 Å². The van der Waals surface area contributed by atoms with Crippen LogP contribution in [0.1, 0.15) is 68.8 Å². The van der Waals surface area contributed by atoms with Gasteiger partial charge in [-0.1, -0.05) is 67.0 Å². The molecule has 238 valence electrons. The predicted molar refractivity (Wildman–Crippen MR) is 173 cm³/mol. The van der Waals surface area contributed by atoms with Crippen LogP contribution in [0, 0.1) is 0 Å². The van der Waals surface area contributed by atoms with Crippen LogP contribution in [0.4, 0.5) is 4.39 Å². The number of rotatable bonds is 11. The monoisotopic (exact) mass is 656 g/mol. The summed E-state index contributed by atoms with van der Waals surface area (Å²) in [6, 6.07) is 15.6. The molecule has 1 atom stereocenters. The Morgan fingerprint density at radius 3 is 2.46 bits per heavy atom. The van der Waals surface area contributed by atoms with Gasteiger partial charge in [-0.3, -0.25) is 18.9 Å². The van der Waals surface area contributed by atoms with Crippen LogP contribution in [-0.2, 0) is 17.6 Å². The molecule has 1 unspecified atom stereocenters. The Kier molecular flexibility index (Phi) is 11.2. The first kappa shape index (κ1) is 34.5. The van der Waals surface area contributed by atoms with E-state index < -0.39 is 18.0 Å². The van der Waals surface area contributed by atoms with Gasteiger partial charge >= 0.3 is 57.1 Å². The molecule has 0 radical (unpaired) electrons. The van der Waals surface area contributed by atoms with Crippen molar-refractivity contribution in [3.8, 4) is 22.5 Å². The van der Waals surface area contributed by atoms with Crippen LogP contribution in [0.25, 0.3) is 28.3 Å². The molecule has 6 rings (SSSR count). The Hall–Kier alpha value is -2.78. The van der Waals surface area contributed by atoms with Crippen molar-refractivity contribution in [2.75, 3.05) is 13.3 Å². The maximum atomic E-state index is 14.3. The second-order valence-electron chi connectivity index (χ2n) is 12.1. The van der Waals surface area contributed by atoms with Gasteiger partial charge in [0.25, 0.3) is 5.56 Å². The fraction of sp³-hybridized carbons (Fsp3) is 0.424. The number of H-pyrrole nitrogens is 1. The van der Waals surface area contributed by atoms with E-state index in [0.717, 1.165) is 34.4 Å². The van der Waals surface area contributed by atoms with Gasteiger partial charge in [0.2, 0.25) is 5.78 Å². The van der Waals surface area contributed by atoms with Gasteiger partial charge in [-0.2, -0.15) is 10.1 Å². The van der Waals surface area contributed by atoms with Gasteiger partial charge in [0.05, 0.1) is 18.4 Å².